The summed E-state index contributed by atoms with van der Waals surface area (Å²) in [5.74, 6) is 0.0964. The van der Waals surface area contributed by atoms with Crippen LogP contribution in [0.5, 0.6) is 11.5 Å². The van der Waals surface area contributed by atoms with Gasteiger partial charge in [0.15, 0.2) is 6.61 Å². The maximum atomic E-state index is 12.4. The van der Waals surface area contributed by atoms with Crippen molar-refractivity contribution in [1.29, 1.82) is 0 Å². The van der Waals surface area contributed by atoms with E-state index >= 15 is 0 Å². The van der Waals surface area contributed by atoms with Gasteiger partial charge in [-0.1, -0.05) is 49.9 Å². The fraction of sp³-hybridized carbons (Fsp3) is 0.391. The van der Waals surface area contributed by atoms with Gasteiger partial charge in [0.1, 0.15) is 11.5 Å². The van der Waals surface area contributed by atoms with Gasteiger partial charge in [-0.15, -0.1) is 0 Å². The summed E-state index contributed by atoms with van der Waals surface area (Å²) in [7, 11) is 0. The monoisotopic (exact) mass is 432 g/mol. The highest BCUT2D eigenvalue weighted by molar-refractivity contribution is 6.32. The quantitative estimate of drug-likeness (QED) is 0.419. The summed E-state index contributed by atoms with van der Waals surface area (Å²) in [6.45, 7) is 6.19. The fourth-order valence-corrected chi connectivity index (χ4v) is 2.97. The van der Waals surface area contributed by atoms with E-state index in [1.165, 1.54) is 0 Å². The fourth-order valence-electron chi connectivity index (χ4n) is 2.86. The number of rotatable bonds is 10. The number of hydrogen-bond acceptors (Lipinski definition) is 4. The van der Waals surface area contributed by atoms with Crippen LogP contribution in [0.15, 0.2) is 36.4 Å². The number of hydrogen-bond donors (Lipinski definition) is 2. The van der Waals surface area contributed by atoms with Crippen LogP contribution >= 0.6 is 11.6 Å². The number of halogens is 1. The minimum atomic E-state index is -0.480. The third-order valence-corrected chi connectivity index (χ3v) is 5.08. The second-order valence-corrected chi connectivity index (χ2v) is 7.45. The number of carbonyl (C=O) groups excluding carboxylic acids is 2. The van der Waals surface area contributed by atoms with Crippen molar-refractivity contribution in [3.63, 3.8) is 0 Å². The Hall–Kier alpha value is -2.73. The Bertz CT molecular complexity index is 847. The average molecular weight is 433 g/mol. The number of benzene rings is 2. The van der Waals surface area contributed by atoms with Gasteiger partial charge >= 0.3 is 0 Å². The summed E-state index contributed by atoms with van der Waals surface area (Å²) in [6.07, 6.45) is 4.34. The van der Waals surface area contributed by atoms with Gasteiger partial charge in [0.2, 0.25) is 0 Å². The molecule has 0 aromatic heterocycles. The normalized spacial score (nSPS) is 10.4. The molecular weight excluding hydrogens is 404 g/mol. The van der Waals surface area contributed by atoms with Gasteiger partial charge in [-0.2, -0.15) is 0 Å². The maximum absolute atomic E-state index is 12.4. The van der Waals surface area contributed by atoms with Gasteiger partial charge in [-0.05, 0) is 55.7 Å². The summed E-state index contributed by atoms with van der Waals surface area (Å²) in [5.41, 5.74) is 6.85. The van der Waals surface area contributed by atoms with Crippen molar-refractivity contribution in [3.05, 3.63) is 58.1 Å². The Morgan fingerprint density at radius 3 is 2.37 bits per heavy atom. The first-order valence-corrected chi connectivity index (χ1v) is 10.5. The van der Waals surface area contributed by atoms with E-state index < -0.39 is 11.8 Å². The van der Waals surface area contributed by atoms with Crippen LogP contribution in [0.25, 0.3) is 0 Å². The number of unbranched alkanes of at least 4 members (excludes halogenated alkanes) is 3. The van der Waals surface area contributed by atoms with E-state index in [0.29, 0.717) is 28.7 Å². The summed E-state index contributed by atoms with van der Waals surface area (Å²) < 4.78 is 11.2. The molecule has 0 aliphatic heterocycles. The molecule has 0 radical (unpaired) electrons. The molecule has 6 nitrogen and oxygen atoms in total. The molecule has 2 amide bonds. The van der Waals surface area contributed by atoms with E-state index in [4.69, 9.17) is 21.1 Å². The average Bonchev–Trinajstić information content (AvgIpc) is 2.74. The van der Waals surface area contributed by atoms with Crippen LogP contribution in [-0.4, -0.2) is 25.0 Å². The second-order valence-electron chi connectivity index (χ2n) is 7.07. The van der Waals surface area contributed by atoms with E-state index in [1.54, 1.807) is 36.4 Å². The molecule has 2 aromatic carbocycles. The molecule has 0 fully saturated rings. The summed E-state index contributed by atoms with van der Waals surface area (Å²) in [5, 5.41) is 0.672. The van der Waals surface area contributed by atoms with Gasteiger partial charge in [0.25, 0.3) is 11.8 Å². The first kappa shape index (κ1) is 23.5. The van der Waals surface area contributed by atoms with Crippen LogP contribution in [0.1, 0.15) is 54.1 Å². The van der Waals surface area contributed by atoms with Gasteiger partial charge in [-0.3, -0.25) is 20.4 Å². The van der Waals surface area contributed by atoms with Gasteiger partial charge in [0.05, 0.1) is 12.2 Å². The van der Waals surface area contributed by atoms with Crippen LogP contribution in [0.3, 0.4) is 0 Å². The Balaban J connectivity index is 1.83. The van der Waals surface area contributed by atoms with Crippen LogP contribution in [0.4, 0.5) is 0 Å². The van der Waals surface area contributed by atoms with Crippen molar-refractivity contribution in [1.82, 2.24) is 10.9 Å². The summed E-state index contributed by atoms with van der Waals surface area (Å²) in [6, 6.07) is 10.5. The lowest BCUT2D eigenvalue weighted by atomic mass is 10.1. The molecule has 0 atom stereocenters. The smallest absolute Gasteiger partial charge is 0.276 e. The third-order valence-electron chi connectivity index (χ3n) is 4.48. The number of amides is 2. The molecule has 0 saturated carbocycles. The van der Waals surface area contributed by atoms with E-state index in [-0.39, 0.29) is 6.61 Å². The predicted octanol–water partition coefficient (Wildman–Crippen LogP) is 4.76. The van der Waals surface area contributed by atoms with Gasteiger partial charge in [0, 0.05) is 5.02 Å². The lowest BCUT2D eigenvalue weighted by Crippen LogP contribution is -2.43. The van der Waals surface area contributed by atoms with E-state index in [1.807, 2.05) is 13.8 Å². The Labute approximate surface area is 182 Å². The molecule has 0 aliphatic rings. The molecule has 7 heteroatoms. The van der Waals surface area contributed by atoms with Crippen LogP contribution in [0.2, 0.25) is 5.02 Å². The zero-order valence-corrected chi connectivity index (χ0v) is 18.5. The highest BCUT2D eigenvalue weighted by Gasteiger charge is 2.13. The van der Waals surface area contributed by atoms with Crippen molar-refractivity contribution < 1.29 is 19.1 Å². The van der Waals surface area contributed by atoms with Crippen molar-refractivity contribution >= 4 is 23.4 Å². The zero-order chi connectivity index (χ0) is 21.9. The number of para-hydroxylation sites is 1. The molecule has 2 N–H and O–H groups in total. The molecule has 0 bridgehead atoms. The Morgan fingerprint density at radius 1 is 0.967 bits per heavy atom. The molecule has 0 spiro atoms. The van der Waals surface area contributed by atoms with Gasteiger partial charge in [-0.25, -0.2) is 0 Å². The first-order valence-electron chi connectivity index (χ1n) is 10.1. The van der Waals surface area contributed by atoms with Crippen molar-refractivity contribution in [2.24, 2.45) is 0 Å². The Morgan fingerprint density at radius 2 is 1.67 bits per heavy atom. The number of nitrogens with one attached hydrogen (secondary N) is 2. The molecule has 0 heterocycles. The molecule has 162 valence electrons. The minimum Gasteiger partial charge on any atom is -0.493 e. The Kier molecular flexibility index (Phi) is 9.48. The number of aryl methyl sites for hydroxylation is 2. The molecule has 2 rings (SSSR count). The second kappa shape index (κ2) is 12.1. The van der Waals surface area contributed by atoms with Crippen molar-refractivity contribution in [3.8, 4) is 11.5 Å². The third kappa shape index (κ3) is 7.26. The lowest BCUT2D eigenvalue weighted by molar-refractivity contribution is -0.123. The topological polar surface area (TPSA) is 76.7 Å². The molecule has 2 aromatic rings. The first-order chi connectivity index (χ1) is 14.4. The molecule has 30 heavy (non-hydrogen) atoms. The highest BCUT2D eigenvalue weighted by atomic mass is 35.5. The highest BCUT2D eigenvalue weighted by Crippen LogP contribution is 2.25. The summed E-state index contributed by atoms with van der Waals surface area (Å²) >= 11 is 6.13. The number of ether oxygens (including phenoxy) is 2. The van der Waals surface area contributed by atoms with Crippen molar-refractivity contribution in [2.75, 3.05) is 13.2 Å². The number of carbonyl (C=O) groups is 2. The minimum absolute atomic E-state index is 0.240. The lowest BCUT2D eigenvalue weighted by Gasteiger charge is -2.13. The van der Waals surface area contributed by atoms with Crippen LogP contribution < -0.4 is 20.3 Å². The van der Waals surface area contributed by atoms with E-state index in [0.717, 1.165) is 36.8 Å². The largest absolute Gasteiger partial charge is 0.493 e. The van der Waals surface area contributed by atoms with Gasteiger partial charge < -0.3 is 9.47 Å². The SMILES string of the molecule is CCCCCCOc1ccccc1C(=O)NNC(=O)COc1cc(C)c(Cl)c(C)c1. The molecule has 0 saturated heterocycles. The predicted molar refractivity (Wildman–Crippen MR) is 118 cm³/mol. The summed E-state index contributed by atoms with van der Waals surface area (Å²) in [4.78, 5) is 24.5. The molecule has 0 unspecified atom stereocenters. The van der Waals surface area contributed by atoms with E-state index in [9.17, 15) is 9.59 Å². The zero-order valence-electron chi connectivity index (χ0n) is 17.7. The van der Waals surface area contributed by atoms with Crippen LogP contribution in [0, 0.1) is 13.8 Å². The van der Waals surface area contributed by atoms with E-state index in [2.05, 4.69) is 17.8 Å². The molecule has 0 aliphatic carbocycles. The number of hydrazine groups is 1. The van der Waals surface area contributed by atoms with Crippen LogP contribution in [-0.2, 0) is 4.79 Å². The maximum Gasteiger partial charge on any atom is 0.276 e. The van der Waals surface area contributed by atoms with Crippen molar-refractivity contribution in [2.45, 2.75) is 46.5 Å². The standard InChI is InChI=1S/C23H29ClN2O4/c1-4-5-6-9-12-29-20-11-8-7-10-19(20)23(28)26-25-21(27)15-30-18-13-16(2)22(24)17(3)14-18/h7-8,10-11,13-14H,4-6,9,12,15H2,1-3H3,(H,25,27)(H,26,28). The molecular formula is C23H29ClN2O4.